The summed E-state index contributed by atoms with van der Waals surface area (Å²) in [5, 5.41) is 5.57. The number of amides is 1. The van der Waals surface area contributed by atoms with Gasteiger partial charge in [-0.2, -0.15) is 0 Å². The number of nitrogens with one attached hydrogen (secondary N) is 3. The number of thiocarbonyl (C=S) groups is 1. The van der Waals surface area contributed by atoms with Gasteiger partial charge in [0.15, 0.2) is 5.11 Å². The predicted molar refractivity (Wildman–Crippen MR) is 145 cm³/mol. The average Bonchev–Trinajstić information content (AvgIpc) is 2.84. The van der Waals surface area contributed by atoms with E-state index in [0.29, 0.717) is 47.6 Å². The van der Waals surface area contributed by atoms with Gasteiger partial charge in [0.2, 0.25) is 0 Å². The van der Waals surface area contributed by atoms with Crippen molar-refractivity contribution in [1.29, 1.82) is 0 Å². The summed E-state index contributed by atoms with van der Waals surface area (Å²) in [6.07, 6.45) is 0. The lowest BCUT2D eigenvalue weighted by molar-refractivity contribution is 0.0977. The number of benzene rings is 3. The molecule has 0 atom stereocenters. The third kappa shape index (κ3) is 7.96. The van der Waals surface area contributed by atoms with Gasteiger partial charge in [-0.05, 0) is 97.9 Å². The van der Waals surface area contributed by atoms with E-state index in [9.17, 15) is 13.2 Å². The molecule has 0 bridgehead atoms. The lowest BCUT2D eigenvalue weighted by atomic mass is 10.2. The summed E-state index contributed by atoms with van der Waals surface area (Å²) < 4.78 is 38.9. The number of rotatable bonds is 10. The van der Waals surface area contributed by atoms with Crippen molar-refractivity contribution in [2.75, 3.05) is 23.3 Å². The van der Waals surface area contributed by atoms with Crippen molar-refractivity contribution in [3.8, 4) is 11.5 Å². The van der Waals surface area contributed by atoms with E-state index in [0.717, 1.165) is 0 Å². The Morgan fingerprint density at radius 2 is 1.42 bits per heavy atom. The van der Waals surface area contributed by atoms with E-state index >= 15 is 0 Å². The minimum Gasteiger partial charge on any atom is -0.494 e. The molecule has 3 rings (SSSR count). The second-order valence-electron chi connectivity index (χ2n) is 8.22. The SMILES string of the molecule is CCOc1ccc(NS(=O)(=O)c2ccc(NC(=S)NC(=O)c3ccc(OCC(C)C)cc3)cc2)cc1. The van der Waals surface area contributed by atoms with Gasteiger partial charge in [-0.1, -0.05) is 13.8 Å². The van der Waals surface area contributed by atoms with Crippen LogP contribution in [0.25, 0.3) is 0 Å². The van der Waals surface area contributed by atoms with Crippen LogP contribution < -0.4 is 24.8 Å². The Kier molecular flexibility index (Phi) is 9.26. The fourth-order valence-corrected chi connectivity index (χ4v) is 4.29. The molecule has 3 N–H and O–H groups in total. The van der Waals surface area contributed by atoms with E-state index < -0.39 is 10.0 Å². The smallest absolute Gasteiger partial charge is 0.261 e. The van der Waals surface area contributed by atoms with Crippen LogP contribution in [0.2, 0.25) is 0 Å². The predicted octanol–water partition coefficient (Wildman–Crippen LogP) is 5.05. The first-order valence-electron chi connectivity index (χ1n) is 11.4. The fourth-order valence-electron chi connectivity index (χ4n) is 3.02. The molecule has 0 unspecified atom stereocenters. The quantitative estimate of drug-likeness (QED) is 0.317. The summed E-state index contributed by atoms with van der Waals surface area (Å²) in [6.45, 7) is 7.11. The van der Waals surface area contributed by atoms with Crippen LogP contribution >= 0.6 is 12.2 Å². The summed E-state index contributed by atoms with van der Waals surface area (Å²) in [4.78, 5) is 12.5. The topological polar surface area (TPSA) is 106 Å². The number of ether oxygens (including phenoxy) is 2. The molecule has 0 aromatic heterocycles. The van der Waals surface area contributed by atoms with Gasteiger partial charge in [-0.15, -0.1) is 0 Å². The van der Waals surface area contributed by atoms with Crippen molar-refractivity contribution in [3.63, 3.8) is 0 Å². The second kappa shape index (κ2) is 12.4. The van der Waals surface area contributed by atoms with Crippen molar-refractivity contribution in [2.24, 2.45) is 5.92 Å². The lowest BCUT2D eigenvalue weighted by Gasteiger charge is -2.12. The van der Waals surface area contributed by atoms with Crippen molar-refractivity contribution in [2.45, 2.75) is 25.7 Å². The highest BCUT2D eigenvalue weighted by atomic mass is 32.2. The monoisotopic (exact) mass is 527 g/mol. The van der Waals surface area contributed by atoms with Crippen molar-refractivity contribution in [3.05, 3.63) is 78.4 Å². The van der Waals surface area contributed by atoms with Crippen LogP contribution in [0.4, 0.5) is 11.4 Å². The summed E-state index contributed by atoms with van der Waals surface area (Å²) >= 11 is 5.22. The molecule has 190 valence electrons. The van der Waals surface area contributed by atoms with Crippen LogP contribution in [-0.4, -0.2) is 32.7 Å². The zero-order chi connectivity index (χ0) is 26.1. The molecule has 0 aliphatic heterocycles. The number of carbonyl (C=O) groups is 1. The van der Waals surface area contributed by atoms with Crippen LogP contribution in [0.3, 0.4) is 0 Å². The van der Waals surface area contributed by atoms with Gasteiger partial charge in [0.05, 0.1) is 18.1 Å². The molecule has 3 aromatic carbocycles. The van der Waals surface area contributed by atoms with Gasteiger partial charge in [0, 0.05) is 16.9 Å². The molecule has 0 aliphatic rings. The highest BCUT2D eigenvalue weighted by Crippen LogP contribution is 2.21. The van der Waals surface area contributed by atoms with E-state index in [4.69, 9.17) is 21.7 Å². The molecule has 0 saturated carbocycles. The molecule has 0 radical (unpaired) electrons. The molecule has 36 heavy (non-hydrogen) atoms. The van der Waals surface area contributed by atoms with Crippen molar-refractivity contribution in [1.82, 2.24) is 5.32 Å². The Labute approximate surface area is 217 Å². The van der Waals surface area contributed by atoms with Crippen LogP contribution in [0.15, 0.2) is 77.7 Å². The normalized spacial score (nSPS) is 11.0. The standard InChI is InChI=1S/C26H29N3O5S2/c1-4-33-22-13-7-21(8-14-22)29-36(31,32)24-15-9-20(10-16-24)27-26(35)28-25(30)19-5-11-23(12-6-19)34-17-18(2)3/h5-16,18,29H,4,17H2,1-3H3,(H2,27,28,30,35). The largest absolute Gasteiger partial charge is 0.494 e. The van der Waals surface area contributed by atoms with E-state index in [1.807, 2.05) is 6.92 Å². The van der Waals surface area contributed by atoms with Gasteiger partial charge in [-0.25, -0.2) is 8.42 Å². The molecule has 3 aromatic rings. The zero-order valence-electron chi connectivity index (χ0n) is 20.3. The summed E-state index contributed by atoms with van der Waals surface area (Å²) in [6, 6.07) is 19.4. The second-order valence-corrected chi connectivity index (χ2v) is 10.3. The first-order valence-corrected chi connectivity index (χ1v) is 13.3. The minimum absolute atomic E-state index is 0.0802. The molecule has 0 fully saturated rings. The number of carbonyl (C=O) groups excluding carboxylic acids is 1. The maximum atomic E-state index is 12.7. The van der Waals surface area contributed by atoms with Crippen LogP contribution in [0.1, 0.15) is 31.1 Å². The molecule has 1 amide bonds. The van der Waals surface area contributed by atoms with Crippen LogP contribution in [-0.2, 0) is 10.0 Å². The van der Waals surface area contributed by atoms with Crippen molar-refractivity contribution < 1.29 is 22.7 Å². The Morgan fingerprint density at radius 1 is 0.861 bits per heavy atom. The molecule has 0 spiro atoms. The minimum atomic E-state index is -3.78. The number of hydrogen-bond acceptors (Lipinski definition) is 6. The molecular formula is C26H29N3O5S2. The maximum Gasteiger partial charge on any atom is 0.261 e. The third-order valence-corrected chi connectivity index (χ3v) is 6.37. The number of anilines is 2. The van der Waals surface area contributed by atoms with Crippen LogP contribution in [0, 0.1) is 5.92 Å². The van der Waals surface area contributed by atoms with Gasteiger partial charge in [-0.3, -0.25) is 14.8 Å². The molecule has 8 nitrogen and oxygen atoms in total. The third-order valence-electron chi connectivity index (χ3n) is 4.77. The van der Waals surface area contributed by atoms with E-state index in [1.165, 1.54) is 12.1 Å². The Balaban J connectivity index is 1.55. The van der Waals surface area contributed by atoms with Gasteiger partial charge in [0.25, 0.3) is 15.9 Å². The first-order chi connectivity index (χ1) is 17.2. The van der Waals surface area contributed by atoms with E-state index in [1.54, 1.807) is 60.7 Å². The lowest BCUT2D eigenvalue weighted by Crippen LogP contribution is -2.34. The summed E-state index contributed by atoms with van der Waals surface area (Å²) in [5.74, 6) is 1.38. The van der Waals surface area contributed by atoms with E-state index in [2.05, 4.69) is 29.2 Å². The highest BCUT2D eigenvalue weighted by Gasteiger charge is 2.15. The fraction of sp³-hybridized carbons (Fsp3) is 0.231. The Bertz CT molecular complexity index is 1270. The summed E-state index contributed by atoms with van der Waals surface area (Å²) in [5.41, 5.74) is 1.37. The molecule has 0 aliphatic carbocycles. The van der Waals surface area contributed by atoms with Gasteiger partial charge in [0.1, 0.15) is 11.5 Å². The van der Waals surface area contributed by atoms with Gasteiger partial charge < -0.3 is 14.8 Å². The zero-order valence-corrected chi connectivity index (χ0v) is 21.9. The average molecular weight is 528 g/mol. The van der Waals surface area contributed by atoms with Crippen molar-refractivity contribution >= 4 is 44.6 Å². The molecule has 0 saturated heterocycles. The maximum absolute atomic E-state index is 12.7. The molecular weight excluding hydrogens is 498 g/mol. The first kappa shape index (κ1) is 27.0. The van der Waals surface area contributed by atoms with Gasteiger partial charge >= 0.3 is 0 Å². The number of sulfonamides is 1. The summed E-state index contributed by atoms with van der Waals surface area (Å²) in [7, 11) is -3.78. The number of hydrogen-bond donors (Lipinski definition) is 3. The van der Waals surface area contributed by atoms with Crippen LogP contribution in [0.5, 0.6) is 11.5 Å². The van der Waals surface area contributed by atoms with E-state index in [-0.39, 0.29) is 15.9 Å². The highest BCUT2D eigenvalue weighted by molar-refractivity contribution is 7.92. The Morgan fingerprint density at radius 3 is 2.00 bits per heavy atom. The Hall–Kier alpha value is -3.63. The molecule has 0 heterocycles. The molecule has 10 heteroatoms.